The predicted molar refractivity (Wildman–Crippen MR) is 82.4 cm³/mol. The van der Waals surface area contributed by atoms with Crippen molar-refractivity contribution in [3.8, 4) is 5.75 Å². The smallest absolute Gasteiger partial charge is 0.118 e. The zero-order chi connectivity index (χ0) is 14.5. The lowest BCUT2D eigenvalue weighted by Crippen LogP contribution is -2.31. The number of aromatic nitrogens is 2. The minimum absolute atomic E-state index is 0.121. The molecule has 0 bridgehead atoms. The van der Waals surface area contributed by atoms with E-state index in [-0.39, 0.29) is 6.04 Å². The molecule has 1 unspecified atom stereocenters. The van der Waals surface area contributed by atoms with Crippen molar-refractivity contribution in [3.05, 3.63) is 46.2 Å². The molecule has 0 spiro atoms. The van der Waals surface area contributed by atoms with E-state index in [1.807, 2.05) is 28.9 Å². The predicted octanol–water partition coefficient (Wildman–Crippen LogP) is 2.62. The van der Waals surface area contributed by atoms with Crippen LogP contribution in [0.4, 0.5) is 0 Å². The van der Waals surface area contributed by atoms with Crippen LogP contribution in [-0.2, 0) is 6.54 Å². The molecule has 0 radical (unpaired) electrons. The van der Waals surface area contributed by atoms with E-state index in [0.717, 1.165) is 34.4 Å². The summed E-state index contributed by atoms with van der Waals surface area (Å²) in [5.41, 5.74) is 4.96. The van der Waals surface area contributed by atoms with Crippen LogP contribution in [0.1, 0.15) is 30.6 Å². The van der Waals surface area contributed by atoms with Crippen LogP contribution < -0.4 is 16.0 Å². The molecule has 5 nitrogen and oxygen atoms in total. The van der Waals surface area contributed by atoms with Crippen molar-refractivity contribution in [1.29, 1.82) is 0 Å². The number of rotatable bonds is 6. The summed E-state index contributed by atoms with van der Waals surface area (Å²) in [6.07, 6.45) is 2.82. The number of halogens is 1. The summed E-state index contributed by atoms with van der Waals surface area (Å²) >= 11 is 3.55. The molecule has 1 aromatic heterocycles. The van der Waals surface area contributed by atoms with E-state index in [1.165, 1.54) is 0 Å². The Balaban J connectivity index is 2.38. The summed E-state index contributed by atoms with van der Waals surface area (Å²) in [5, 5.41) is 4.38. The molecule has 2 aromatic rings. The van der Waals surface area contributed by atoms with Crippen molar-refractivity contribution in [3.63, 3.8) is 0 Å². The van der Waals surface area contributed by atoms with Crippen molar-refractivity contribution in [1.82, 2.24) is 15.2 Å². The standard InChI is InChI=1S/C14H19BrN4O/c1-3-8-19-14(12(15)9-17-19)13(18-16)10-4-6-11(20-2)7-5-10/h4-7,9,13,18H,3,8,16H2,1-2H3. The first-order chi connectivity index (χ1) is 9.71. The van der Waals surface area contributed by atoms with E-state index in [0.29, 0.717) is 0 Å². The van der Waals surface area contributed by atoms with Gasteiger partial charge in [0, 0.05) is 6.54 Å². The van der Waals surface area contributed by atoms with Crippen LogP contribution in [0.2, 0.25) is 0 Å². The summed E-state index contributed by atoms with van der Waals surface area (Å²) in [5.74, 6) is 6.58. The Morgan fingerprint density at radius 3 is 2.65 bits per heavy atom. The summed E-state index contributed by atoms with van der Waals surface area (Å²) in [6.45, 7) is 2.98. The number of nitrogens with two attached hydrogens (primary N) is 1. The number of hydrogen-bond donors (Lipinski definition) is 2. The molecule has 3 N–H and O–H groups in total. The molecule has 0 fully saturated rings. The molecule has 0 aliphatic rings. The first-order valence-electron chi connectivity index (χ1n) is 6.52. The topological polar surface area (TPSA) is 65.1 Å². The lowest BCUT2D eigenvalue weighted by molar-refractivity contribution is 0.414. The van der Waals surface area contributed by atoms with Crippen molar-refractivity contribution in [2.75, 3.05) is 7.11 Å². The quantitative estimate of drug-likeness (QED) is 0.627. The first kappa shape index (κ1) is 15.0. The maximum Gasteiger partial charge on any atom is 0.118 e. The first-order valence-corrected chi connectivity index (χ1v) is 7.31. The molecule has 108 valence electrons. The van der Waals surface area contributed by atoms with Crippen molar-refractivity contribution < 1.29 is 4.74 Å². The second-order valence-electron chi connectivity index (χ2n) is 4.47. The van der Waals surface area contributed by atoms with Crippen molar-refractivity contribution >= 4 is 15.9 Å². The van der Waals surface area contributed by atoms with Gasteiger partial charge in [-0.25, -0.2) is 5.43 Å². The Morgan fingerprint density at radius 1 is 1.40 bits per heavy atom. The van der Waals surface area contributed by atoms with Crippen LogP contribution in [0.25, 0.3) is 0 Å². The third-order valence-corrected chi connectivity index (χ3v) is 3.77. The SMILES string of the molecule is CCCn1ncc(Br)c1C(NN)c1ccc(OC)cc1. The normalized spacial score (nSPS) is 12.4. The van der Waals surface area contributed by atoms with E-state index in [2.05, 4.69) is 33.4 Å². The van der Waals surface area contributed by atoms with Gasteiger partial charge in [-0.3, -0.25) is 10.5 Å². The van der Waals surface area contributed by atoms with Gasteiger partial charge in [0.2, 0.25) is 0 Å². The zero-order valence-electron chi connectivity index (χ0n) is 11.6. The molecule has 1 atom stereocenters. The van der Waals surface area contributed by atoms with Gasteiger partial charge in [-0.2, -0.15) is 5.10 Å². The van der Waals surface area contributed by atoms with Gasteiger partial charge >= 0.3 is 0 Å². The fourth-order valence-electron chi connectivity index (χ4n) is 2.18. The molecule has 0 saturated carbocycles. The van der Waals surface area contributed by atoms with Gasteiger partial charge in [-0.15, -0.1) is 0 Å². The van der Waals surface area contributed by atoms with Gasteiger partial charge in [-0.1, -0.05) is 19.1 Å². The number of benzene rings is 1. The maximum atomic E-state index is 5.76. The highest BCUT2D eigenvalue weighted by atomic mass is 79.9. The zero-order valence-corrected chi connectivity index (χ0v) is 13.2. The average Bonchev–Trinajstić information content (AvgIpc) is 2.83. The Morgan fingerprint density at radius 2 is 2.10 bits per heavy atom. The highest BCUT2D eigenvalue weighted by Gasteiger charge is 2.20. The van der Waals surface area contributed by atoms with E-state index >= 15 is 0 Å². The maximum absolute atomic E-state index is 5.76. The highest BCUT2D eigenvalue weighted by molar-refractivity contribution is 9.10. The molecule has 2 rings (SSSR count). The Hall–Kier alpha value is -1.37. The van der Waals surface area contributed by atoms with Gasteiger partial charge in [-0.05, 0) is 40.0 Å². The third-order valence-electron chi connectivity index (χ3n) is 3.16. The third kappa shape index (κ3) is 3.03. The lowest BCUT2D eigenvalue weighted by Gasteiger charge is -2.19. The molecule has 0 saturated heterocycles. The molecular weight excluding hydrogens is 320 g/mol. The van der Waals surface area contributed by atoms with Crippen LogP contribution in [0.5, 0.6) is 5.75 Å². The molecule has 0 aliphatic heterocycles. The van der Waals surface area contributed by atoms with Crippen LogP contribution >= 0.6 is 15.9 Å². The number of hydrogen-bond acceptors (Lipinski definition) is 4. The molecule has 1 heterocycles. The van der Waals surface area contributed by atoms with Crippen LogP contribution in [-0.4, -0.2) is 16.9 Å². The summed E-state index contributed by atoms with van der Waals surface area (Å²) < 4.78 is 8.10. The van der Waals surface area contributed by atoms with E-state index in [4.69, 9.17) is 10.6 Å². The monoisotopic (exact) mass is 338 g/mol. The van der Waals surface area contributed by atoms with Crippen molar-refractivity contribution in [2.45, 2.75) is 25.9 Å². The van der Waals surface area contributed by atoms with Gasteiger partial charge in [0.05, 0.1) is 29.5 Å². The van der Waals surface area contributed by atoms with Crippen LogP contribution in [0.15, 0.2) is 34.9 Å². The van der Waals surface area contributed by atoms with E-state index in [1.54, 1.807) is 13.3 Å². The number of nitrogens with zero attached hydrogens (tertiary/aromatic N) is 2. The summed E-state index contributed by atoms with van der Waals surface area (Å²) in [7, 11) is 1.65. The van der Waals surface area contributed by atoms with Crippen LogP contribution in [0, 0.1) is 0 Å². The Labute approximate surface area is 127 Å². The largest absolute Gasteiger partial charge is 0.497 e. The van der Waals surface area contributed by atoms with Gasteiger partial charge in [0.1, 0.15) is 5.75 Å². The average molecular weight is 339 g/mol. The lowest BCUT2D eigenvalue weighted by atomic mass is 10.0. The Kier molecular flexibility index (Phi) is 5.17. The van der Waals surface area contributed by atoms with E-state index in [9.17, 15) is 0 Å². The number of hydrazine groups is 1. The fourth-order valence-corrected chi connectivity index (χ4v) is 2.70. The molecule has 1 aromatic carbocycles. The van der Waals surface area contributed by atoms with Gasteiger partial charge in [0.25, 0.3) is 0 Å². The molecule has 0 aliphatic carbocycles. The minimum Gasteiger partial charge on any atom is -0.497 e. The number of methoxy groups -OCH3 is 1. The second kappa shape index (κ2) is 6.88. The number of nitrogens with one attached hydrogen (secondary N) is 1. The molecular formula is C14H19BrN4O. The van der Waals surface area contributed by atoms with Gasteiger partial charge < -0.3 is 4.74 Å². The number of aryl methyl sites for hydroxylation is 1. The van der Waals surface area contributed by atoms with Crippen LogP contribution in [0.3, 0.4) is 0 Å². The molecule has 20 heavy (non-hydrogen) atoms. The summed E-state index contributed by atoms with van der Waals surface area (Å²) in [4.78, 5) is 0. The minimum atomic E-state index is -0.121. The fraction of sp³-hybridized carbons (Fsp3) is 0.357. The highest BCUT2D eigenvalue weighted by Crippen LogP contribution is 2.29. The van der Waals surface area contributed by atoms with Gasteiger partial charge in [0.15, 0.2) is 0 Å². The molecule has 0 amide bonds. The van der Waals surface area contributed by atoms with E-state index < -0.39 is 0 Å². The summed E-state index contributed by atoms with van der Waals surface area (Å²) in [6, 6.07) is 7.73. The molecule has 6 heteroatoms. The van der Waals surface area contributed by atoms with Crippen molar-refractivity contribution in [2.24, 2.45) is 5.84 Å². The number of ether oxygens (including phenoxy) is 1. The Bertz CT molecular complexity index is 553. The second-order valence-corrected chi connectivity index (χ2v) is 5.33.